The van der Waals surface area contributed by atoms with E-state index in [9.17, 15) is 14.0 Å². The van der Waals surface area contributed by atoms with Crippen molar-refractivity contribution in [1.29, 1.82) is 0 Å². The molecule has 150 valence electrons. The number of fused-ring (bicyclic) bond motifs is 1. The second-order valence-electron chi connectivity index (χ2n) is 7.28. The topological polar surface area (TPSA) is 67.2 Å². The van der Waals surface area contributed by atoms with E-state index in [1.165, 1.54) is 24.5 Å². The Kier molecular flexibility index (Phi) is 5.29. The summed E-state index contributed by atoms with van der Waals surface area (Å²) in [6.45, 7) is 3.16. The lowest BCUT2D eigenvalue weighted by molar-refractivity contribution is 0.182. The number of benzene rings is 2. The SMILES string of the molecule is CCc1ccccc1NC(=O)N1CCC(n2cnc3cc(F)ccc3c2=O)CC1. The van der Waals surface area contributed by atoms with Gasteiger partial charge in [0, 0.05) is 30.9 Å². The number of halogens is 1. The summed E-state index contributed by atoms with van der Waals surface area (Å²) < 4.78 is 15.0. The summed E-state index contributed by atoms with van der Waals surface area (Å²) in [5.41, 5.74) is 2.12. The molecule has 1 saturated heterocycles. The van der Waals surface area contributed by atoms with Gasteiger partial charge in [0.2, 0.25) is 0 Å². The van der Waals surface area contributed by atoms with Crippen molar-refractivity contribution in [3.8, 4) is 0 Å². The molecule has 1 aromatic heterocycles. The number of carbonyl (C=O) groups is 1. The summed E-state index contributed by atoms with van der Waals surface area (Å²) >= 11 is 0. The van der Waals surface area contributed by atoms with Gasteiger partial charge in [-0.05, 0) is 43.0 Å². The Hall–Kier alpha value is -3.22. The molecule has 3 aromatic rings. The number of nitrogens with zero attached hydrogens (tertiary/aromatic N) is 3. The number of nitrogens with one attached hydrogen (secondary N) is 1. The fourth-order valence-corrected chi connectivity index (χ4v) is 3.86. The van der Waals surface area contributed by atoms with E-state index < -0.39 is 5.82 Å². The summed E-state index contributed by atoms with van der Waals surface area (Å²) in [6.07, 6.45) is 3.66. The predicted octanol–water partition coefficient (Wildman–Crippen LogP) is 3.97. The van der Waals surface area contributed by atoms with E-state index in [0.29, 0.717) is 36.8 Å². The van der Waals surface area contributed by atoms with Crippen molar-refractivity contribution < 1.29 is 9.18 Å². The molecule has 2 heterocycles. The molecule has 0 unspecified atom stereocenters. The maximum Gasteiger partial charge on any atom is 0.321 e. The molecule has 1 aliphatic rings. The zero-order valence-corrected chi connectivity index (χ0v) is 16.3. The molecular weight excluding hydrogens is 371 g/mol. The third-order valence-corrected chi connectivity index (χ3v) is 5.53. The molecule has 0 aliphatic carbocycles. The van der Waals surface area contributed by atoms with E-state index in [0.717, 1.165) is 17.7 Å². The minimum Gasteiger partial charge on any atom is -0.324 e. The van der Waals surface area contributed by atoms with Crippen LogP contribution in [0.1, 0.15) is 31.4 Å². The minimum absolute atomic E-state index is 0.0311. The predicted molar refractivity (Wildman–Crippen MR) is 111 cm³/mol. The van der Waals surface area contributed by atoms with Crippen LogP contribution in [0, 0.1) is 5.82 Å². The van der Waals surface area contributed by atoms with Gasteiger partial charge in [0.25, 0.3) is 5.56 Å². The van der Waals surface area contributed by atoms with Crippen LogP contribution in [0.4, 0.5) is 14.9 Å². The molecule has 4 rings (SSSR count). The molecule has 0 radical (unpaired) electrons. The summed E-state index contributed by atoms with van der Waals surface area (Å²) in [4.78, 5) is 31.4. The zero-order valence-electron chi connectivity index (χ0n) is 16.3. The van der Waals surface area contributed by atoms with Crippen LogP contribution in [0.15, 0.2) is 53.6 Å². The van der Waals surface area contributed by atoms with Crippen LogP contribution >= 0.6 is 0 Å². The first-order chi connectivity index (χ1) is 14.1. The molecule has 2 aromatic carbocycles. The molecule has 0 bridgehead atoms. The van der Waals surface area contributed by atoms with Gasteiger partial charge in [-0.25, -0.2) is 14.2 Å². The van der Waals surface area contributed by atoms with Gasteiger partial charge in [-0.3, -0.25) is 9.36 Å². The Bertz CT molecular complexity index is 1100. The molecule has 2 amide bonds. The first-order valence-electron chi connectivity index (χ1n) is 9.87. The van der Waals surface area contributed by atoms with Crippen LogP contribution in [-0.4, -0.2) is 33.6 Å². The molecule has 1 fully saturated rings. The molecule has 6 nitrogen and oxygen atoms in total. The third-order valence-electron chi connectivity index (χ3n) is 5.53. The van der Waals surface area contributed by atoms with E-state index in [2.05, 4.69) is 17.2 Å². The highest BCUT2D eigenvalue weighted by molar-refractivity contribution is 5.90. The number of rotatable bonds is 3. The van der Waals surface area contributed by atoms with Gasteiger partial charge in [0.15, 0.2) is 0 Å². The van der Waals surface area contributed by atoms with Crippen LogP contribution < -0.4 is 10.9 Å². The maximum absolute atomic E-state index is 13.4. The van der Waals surface area contributed by atoms with Gasteiger partial charge in [-0.15, -0.1) is 0 Å². The third kappa shape index (κ3) is 3.85. The highest BCUT2D eigenvalue weighted by Gasteiger charge is 2.25. The number of aryl methyl sites for hydroxylation is 1. The number of urea groups is 1. The summed E-state index contributed by atoms with van der Waals surface area (Å²) in [5.74, 6) is -0.411. The smallest absolute Gasteiger partial charge is 0.321 e. The second kappa shape index (κ2) is 8.03. The van der Waals surface area contributed by atoms with Crippen LogP contribution in [0.25, 0.3) is 10.9 Å². The van der Waals surface area contributed by atoms with Gasteiger partial charge in [0.1, 0.15) is 5.82 Å². The average molecular weight is 394 g/mol. The molecule has 7 heteroatoms. The lowest BCUT2D eigenvalue weighted by atomic mass is 10.0. The largest absolute Gasteiger partial charge is 0.324 e. The maximum atomic E-state index is 13.4. The molecular formula is C22H23FN4O2. The van der Waals surface area contributed by atoms with Gasteiger partial charge in [-0.1, -0.05) is 25.1 Å². The van der Waals surface area contributed by atoms with Crippen molar-refractivity contribution in [1.82, 2.24) is 14.5 Å². The lowest BCUT2D eigenvalue weighted by Crippen LogP contribution is -2.43. The van der Waals surface area contributed by atoms with Crippen LogP contribution in [-0.2, 0) is 6.42 Å². The Balaban J connectivity index is 1.45. The summed E-state index contributed by atoms with van der Waals surface area (Å²) in [7, 11) is 0. The number of anilines is 1. The van der Waals surface area contributed by atoms with Crippen molar-refractivity contribution >= 4 is 22.6 Å². The number of likely N-dealkylation sites (tertiary alicyclic amines) is 1. The van der Waals surface area contributed by atoms with Crippen molar-refractivity contribution in [2.75, 3.05) is 18.4 Å². The Morgan fingerprint density at radius 3 is 2.72 bits per heavy atom. The van der Waals surface area contributed by atoms with Crippen molar-refractivity contribution in [2.45, 2.75) is 32.2 Å². The Labute approximate surface area is 168 Å². The fourth-order valence-electron chi connectivity index (χ4n) is 3.86. The van der Waals surface area contributed by atoms with Crippen molar-refractivity contribution in [3.63, 3.8) is 0 Å². The average Bonchev–Trinajstić information content (AvgIpc) is 2.74. The monoisotopic (exact) mass is 394 g/mol. The van der Waals surface area contributed by atoms with E-state index >= 15 is 0 Å². The number of piperidine rings is 1. The van der Waals surface area contributed by atoms with E-state index in [-0.39, 0.29) is 17.6 Å². The van der Waals surface area contributed by atoms with Crippen molar-refractivity contribution in [2.24, 2.45) is 0 Å². The first-order valence-corrected chi connectivity index (χ1v) is 9.87. The zero-order chi connectivity index (χ0) is 20.4. The number of carbonyl (C=O) groups excluding carboxylic acids is 1. The highest BCUT2D eigenvalue weighted by Crippen LogP contribution is 2.23. The Morgan fingerprint density at radius 1 is 1.21 bits per heavy atom. The van der Waals surface area contributed by atoms with Gasteiger partial charge in [-0.2, -0.15) is 0 Å². The molecule has 1 N–H and O–H groups in total. The van der Waals surface area contributed by atoms with Gasteiger partial charge >= 0.3 is 6.03 Å². The first kappa shape index (κ1) is 19.1. The number of aromatic nitrogens is 2. The van der Waals surface area contributed by atoms with E-state index in [4.69, 9.17) is 0 Å². The van der Waals surface area contributed by atoms with E-state index in [1.54, 1.807) is 9.47 Å². The fraction of sp³-hybridized carbons (Fsp3) is 0.318. The van der Waals surface area contributed by atoms with E-state index in [1.807, 2.05) is 24.3 Å². The standard InChI is InChI=1S/C22H23FN4O2/c1-2-15-5-3-4-6-19(15)25-22(29)26-11-9-17(10-12-26)27-14-24-20-13-16(23)7-8-18(20)21(27)28/h3-8,13-14,17H,2,9-12H2,1H3,(H,25,29). The molecule has 0 atom stereocenters. The summed E-state index contributed by atoms with van der Waals surface area (Å²) in [5, 5.41) is 3.40. The molecule has 29 heavy (non-hydrogen) atoms. The summed E-state index contributed by atoms with van der Waals surface area (Å²) in [6, 6.07) is 11.7. The number of amides is 2. The molecule has 0 spiro atoms. The van der Waals surface area contributed by atoms with Crippen molar-refractivity contribution in [3.05, 3.63) is 70.5 Å². The number of hydrogen-bond donors (Lipinski definition) is 1. The van der Waals surface area contributed by atoms with Gasteiger partial charge < -0.3 is 10.2 Å². The van der Waals surface area contributed by atoms with Gasteiger partial charge in [0.05, 0.1) is 17.2 Å². The molecule has 0 saturated carbocycles. The lowest BCUT2D eigenvalue weighted by Gasteiger charge is -2.33. The van der Waals surface area contributed by atoms with Crippen LogP contribution in [0.5, 0.6) is 0 Å². The quantitative estimate of drug-likeness (QED) is 0.731. The normalized spacial score (nSPS) is 14.9. The second-order valence-corrected chi connectivity index (χ2v) is 7.28. The number of hydrogen-bond acceptors (Lipinski definition) is 3. The molecule has 1 aliphatic heterocycles. The number of para-hydroxylation sites is 1. The Morgan fingerprint density at radius 2 is 1.97 bits per heavy atom. The minimum atomic E-state index is -0.411. The van der Waals surface area contributed by atoms with Crippen LogP contribution in [0.3, 0.4) is 0 Å². The van der Waals surface area contributed by atoms with Crippen LogP contribution in [0.2, 0.25) is 0 Å². The highest BCUT2D eigenvalue weighted by atomic mass is 19.1.